The maximum Gasteiger partial charge on any atom is 0.327 e. The zero-order valence-corrected chi connectivity index (χ0v) is 15.1. The SMILES string of the molecule is CC1(C)S[C@@H]2[C@H](NC(=O)Cc3ccccc3)C(=O)N2[C@H]1C(=O)O.CO. The van der Waals surface area contributed by atoms with Crippen LogP contribution in [0.2, 0.25) is 0 Å². The average Bonchev–Trinajstić information content (AvgIpc) is 2.84. The summed E-state index contributed by atoms with van der Waals surface area (Å²) in [5.41, 5.74) is 0.872. The Balaban J connectivity index is 0.00000109. The van der Waals surface area contributed by atoms with E-state index in [0.29, 0.717) is 0 Å². The Bertz CT molecular complexity index is 664. The van der Waals surface area contributed by atoms with Crippen LogP contribution >= 0.6 is 11.8 Å². The van der Waals surface area contributed by atoms with Crippen LogP contribution in [0.15, 0.2) is 30.3 Å². The predicted octanol–water partition coefficient (Wildman–Crippen LogP) is 0.469. The van der Waals surface area contributed by atoms with Crippen molar-refractivity contribution in [2.45, 2.75) is 42.5 Å². The molecule has 3 N–H and O–H groups in total. The molecule has 7 nitrogen and oxygen atoms in total. The number of fused-ring (bicyclic) bond motifs is 1. The molecule has 0 radical (unpaired) electrons. The first-order chi connectivity index (χ1) is 11.8. The highest BCUT2D eigenvalue weighted by molar-refractivity contribution is 8.01. The summed E-state index contributed by atoms with van der Waals surface area (Å²) in [6, 6.07) is 7.78. The average molecular weight is 366 g/mol. The summed E-state index contributed by atoms with van der Waals surface area (Å²) < 4.78 is -0.578. The van der Waals surface area contributed by atoms with Gasteiger partial charge in [0, 0.05) is 11.9 Å². The molecule has 2 amide bonds. The smallest absolute Gasteiger partial charge is 0.327 e. The number of benzene rings is 1. The zero-order chi connectivity index (χ0) is 18.8. The lowest BCUT2D eigenvalue weighted by Gasteiger charge is -2.43. The molecule has 0 aliphatic carbocycles. The number of hydrogen-bond donors (Lipinski definition) is 3. The van der Waals surface area contributed by atoms with Gasteiger partial charge in [-0.1, -0.05) is 30.3 Å². The maximum absolute atomic E-state index is 12.3. The minimum atomic E-state index is -1.01. The van der Waals surface area contributed by atoms with Crippen molar-refractivity contribution < 1.29 is 24.6 Å². The number of carbonyl (C=O) groups is 3. The molecular formula is C17H22N2O5S. The highest BCUT2D eigenvalue weighted by Crippen LogP contribution is 2.50. The first-order valence-corrected chi connectivity index (χ1v) is 8.70. The summed E-state index contributed by atoms with van der Waals surface area (Å²) in [5, 5.41) is 18.8. The van der Waals surface area contributed by atoms with Crippen LogP contribution in [0, 0.1) is 0 Å². The fourth-order valence-electron chi connectivity index (χ4n) is 3.15. The summed E-state index contributed by atoms with van der Waals surface area (Å²) in [6.07, 6.45) is 0.202. The molecule has 0 unspecified atom stereocenters. The van der Waals surface area contributed by atoms with Crippen molar-refractivity contribution in [2.75, 3.05) is 7.11 Å². The van der Waals surface area contributed by atoms with Crippen molar-refractivity contribution in [2.24, 2.45) is 0 Å². The number of β-lactam (4-membered cyclic amide) rings is 1. The Hall–Kier alpha value is -2.06. The van der Waals surface area contributed by atoms with Gasteiger partial charge in [-0.05, 0) is 19.4 Å². The molecule has 2 heterocycles. The van der Waals surface area contributed by atoms with Crippen LogP contribution in [0.3, 0.4) is 0 Å². The third kappa shape index (κ3) is 3.64. The summed E-state index contributed by atoms with van der Waals surface area (Å²) >= 11 is 1.42. The van der Waals surface area contributed by atoms with Gasteiger partial charge < -0.3 is 20.4 Å². The normalized spacial score (nSPS) is 26.0. The molecule has 1 aromatic rings. The molecular weight excluding hydrogens is 344 g/mol. The highest BCUT2D eigenvalue weighted by atomic mass is 32.2. The highest BCUT2D eigenvalue weighted by Gasteiger charge is 2.64. The van der Waals surface area contributed by atoms with Gasteiger partial charge in [-0.2, -0.15) is 0 Å². The van der Waals surface area contributed by atoms with Gasteiger partial charge in [0.2, 0.25) is 11.8 Å². The van der Waals surface area contributed by atoms with E-state index >= 15 is 0 Å². The van der Waals surface area contributed by atoms with Crippen LogP contribution in [0.1, 0.15) is 19.4 Å². The molecule has 0 bridgehead atoms. The maximum atomic E-state index is 12.3. The first kappa shape index (κ1) is 19.3. The molecule has 8 heteroatoms. The Morgan fingerprint density at radius 2 is 1.84 bits per heavy atom. The number of amides is 2. The number of hydrogen-bond acceptors (Lipinski definition) is 5. The van der Waals surface area contributed by atoms with E-state index in [9.17, 15) is 19.5 Å². The van der Waals surface area contributed by atoms with Crippen molar-refractivity contribution in [1.82, 2.24) is 10.2 Å². The van der Waals surface area contributed by atoms with E-state index in [0.717, 1.165) is 12.7 Å². The van der Waals surface area contributed by atoms with E-state index in [-0.39, 0.29) is 23.6 Å². The summed E-state index contributed by atoms with van der Waals surface area (Å²) in [4.78, 5) is 37.2. The lowest BCUT2D eigenvalue weighted by Crippen LogP contribution is -2.70. The fraction of sp³-hybridized carbons (Fsp3) is 0.471. The van der Waals surface area contributed by atoms with Gasteiger partial charge in [-0.3, -0.25) is 9.59 Å². The second-order valence-electron chi connectivity index (χ2n) is 6.31. The van der Waals surface area contributed by atoms with Crippen molar-refractivity contribution in [1.29, 1.82) is 0 Å². The summed E-state index contributed by atoms with van der Waals surface area (Å²) in [7, 11) is 1.00. The number of carboxylic acid groups (broad SMARTS) is 1. The van der Waals surface area contributed by atoms with E-state index in [1.807, 2.05) is 44.2 Å². The number of aliphatic hydroxyl groups is 1. The van der Waals surface area contributed by atoms with Gasteiger partial charge in [0.15, 0.2) is 0 Å². The third-order valence-corrected chi connectivity index (χ3v) is 5.77. The van der Waals surface area contributed by atoms with Gasteiger partial charge in [0.25, 0.3) is 0 Å². The molecule has 25 heavy (non-hydrogen) atoms. The van der Waals surface area contributed by atoms with Gasteiger partial charge in [0.05, 0.1) is 6.42 Å². The van der Waals surface area contributed by atoms with Crippen molar-refractivity contribution >= 4 is 29.5 Å². The van der Waals surface area contributed by atoms with Gasteiger partial charge in [0.1, 0.15) is 17.5 Å². The largest absolute Gasteiger partial charge is 0.480 e. The third-order valence-electron chi connectivity index (χ3n) is 4.20. The zero-order valence-electron chi connectivity index (χ0n) is 14.3. The minimum absolute atomic E-state index is 0.202. The second-order valence-corrected chi connectivity index (χ2v) is 8.08. The Labute approximate surface area is 150 Å². The summed E-state index contributed by atoms with van der Waals surface area (Å²) in [5.74, 6) is -1.55. The van der Waals surface area contributed by atoms with E-state index in [1.165, 1.54) is 16.7 Å². The number of carboxylic acids is 1. The lowest BCUT2D eigenvalue weighted by molar-refractivity contribution is -0.161. The summed E-state index contributed by atoms with van der Waals surface area (Å²) in [6.45, 7) is 3.62. The Kier molecular flexibility index (Phi) is 5.74. The topological polar surface area (TPSA) is 107 Å². The van der Waals surface area contributed by atoms with Crippen molar-refractivity contribution in [3.8, 4) is 0 Å². The lowest BCUT2D eigenvalue weighted by atomic mass is 9.96. The van der Waals surface area contributed by atoms with Crippen molar-refractivity contribution in [3.05, 3.63) is 35.9 Å². The minimum Gasteiger partial charge on any atom is -0.480 e. The van der Waals surface area contributed by atoms with Crippen LogP contribution in [-0.4, -0.2) is 62.2 Å². The number of thioether (sulfide) groups is 1. The van der Waals surface area contributed by atoms with Gasteiger partial charge in [-0.25, -0.2) is 4.79 Å². The molecule has 2 aliphatic heterocycles. The van der Waals surface area contributed by atoms with Gasteiger partial charge >= 0.3 is 5.97 Å². The van der Waals surface area contributed by atoms with Crippen LogP contribution in [0.4, 0.5) is 0 Å². The number of aliphatic hydroxyl groups excluding tert-OH is 1. The van der Waals surface area contributed by atoms with E-state index in [4.69, 9.17) is 5.11 Å². The van der Waals surface area contributed by atoms with Crippen LogP contribution in [-0.2, 0) is 20.8 Å². The molecule has 2 fully saturated rings. The van der Waals surface area contributed by atoms with Crippen LogP contribution in [0.5, 0.6) is 0 Å². The molecule has 0 spiro atoms. The Morgan fingerprint density at radius 1 is 1.24 bits per heavy atom. The molecule has 0 aromatic heterocycles. The number of nitrogens with zero attached hydrogens (tertiary/aromatic N) is 1. The Morgan fingerprint density at radius 3 is 2.40 bits per heavy atom. The fourth-order valence-corrected chi connectivity index (χ4v) is 4.78. The number of aliphatic carboxylic acids is 1. The molecule has 1 aromatic carbocycles. The van der Waals surface area contributed by atoms with Gasteiger partial charge in [-0.15, -0.1) is 11.8 Å². The van der Waals surface area contributed by atoms with E-state index in [2.05, 4.69) is 5.32 Å². The first-order valence-electron chi connectivity index (χ1n) is 7.82. The van der Waals surface area contributed by atoms with Crippen LogP contribution < -0.4 is 5.32 Å². The molecule has 2 saturated heterocycles. The second kappa shape index (κ2) is 7.45. The number of rotatable bonds is 4. The molecule has 2 aliphatic rings. The molecule has 0 saturated carbocycles. The quantitative estimate of drug-likeness (QED) is 0.669. The molecule has 3 rings (SSSR count). The van der Waals surface area contributed by atoms with E-state index < -0.39 is 22.8 Å². The monoisotopic (exact) mass is 366 g/mol. The molecule has 3 atom stereocenters. The predicted molar refractivity (Wildman–Crippen MR) is 93.9 cm³/mol. The standard InChI is InChI=1S/C16H18N2O4S.CH4O/c1-16(2)12(15(21)22)18-13(20)11(14(18)23-16)17-10(19)8-9-6-4-3-5-7-9;1-2/h3-7,11-12,14H,8H2,1-2H3,(H,17,19)(H,21,22);2H,1H3/t11-,12+,14-;/m1./s1. The van der Waals surface area contributed by atoms with E-state index in [1.54, 1.807) is 0 Å². The number of carbonyl (C=O) groups excluding carboxylic acids is 2. The van der Waals surface area contributed by atoms with Crippen molar-refractivity contribution in [3.63, 3.8) is 0 Å². The van der Waals surface area contributed by atoms with Crippen LogP contribution in [0.25, 0.3) is 0 Å². The molecule has 136 valence electrons. The number of nitrogens with one attached hydrogen (secondary N) is 1.